The maximum absolute atomic E-state index is 13.6. The van der Waals surface area contributed by atoms with Gasteiger partial charge in [-0.1, -0.05) is 43.6 Å². The van der Waals surface area contributed by atoms with Gasteiger partial charge in [0.25, 0.3) is 0 Å². The molecule has 2 aromatic carbocycles. The molecule has 2 N–H and O–H groups in total. The first kappa shape index (κ1) is 23.3. The van der Waals surface area contributed by atoms with Gasteiger partial charge >= 0.3 is 6.18 Å². The fourth-order valence-electron chi connectivity index (χ4n) is 3.95. The number of benzene rings is 2. The van der Waals surface area contributed by atoms with Crippen molar-refractivity contribution in [1.82, 2.24) is 4.90 Å². The van der Waals surface area contributed by atoms with Crippen LogP contribution in [-0.2, 0) is 17.5 Å². The van der Waals surface area contributed by atoms with Gasteiger partial charge in [0.2, 0.25) is 5.91 Å². The highest BCUT2D eigenvalue weighted by atomic mass is 35.5. The van der Waals surface area contributed by atoms with Crippen molar-refractivity contribution in [3.63, 3.8) is 0 Å². The van der Waals surface area contributed by atoms with E-state index in [2.05, 4.69) is 0 Å². The van der Waals surface area contributed by atoms with Crippen molar-refractivity contribution in [3.8, 4) is 0 Å². The Morgan fingerprint density at radius 3 is 2.61 bits per heavy atom. The van der Waals surface area contributed by atoms with Crippen molar-refractivity contribution in [2.75, 3.05) is 23.7 Å². The van der Waals surface area contributed by atoms with Crippen LogP contribution in [-0.4, -0.2) is 29.9 Å². The summed E-state index contributed by atoms with van der Waals surface area (Å²) in [5.41, 5.74) is 6.43. The lowest BCUT2D eigenvalue weighted by atomic mass is 10.0. The summed E-state index contributed by atoms with van der Waals surface area (Å²) in [5.74, 6) is 0.320. The van der Waals surface area contributed by atoms with Crippen molar-refractivity contribution in [3.05, 3.63) is 58.6 Å². The van der Waals surface area contributed by atoms with E-state index in [1.54, 1.807) is 29.2 Å². The van der Waals surface area contributed by atoms with Gasteiger partial charge in [-0.15, -0.1) is 0 Å². The maximum Gasteiger partial charge on any atom is 0.416 e. The third kappa shape index (κ3) is 5.64. The predicted octanol–water partition coefficient (Wildman–Crippen LogP) is 5.59. The van der Waals surface area contributed by atoms with Crippen LogP contribution in [0.2, 0.25) is 5.02 Å². The Balaban J connectivity index is 1.92. The van der Waals surface area contributed by atoms with Crippen LogP contribution in [0.4, 0.5) is 24.5 Å². The number of amides is 1. The highest BCUT2D eigenvalue weighted by Gasteiger charge is 2.35. The van der Waals surface area contributed by atoms with E-state index in [4.69, 9.17) is 17.3 Å². The SMILES string of the molecule is CC(C)CC(=O)N1CC[C@H](N(Cc2ccccc2C(F)(F)F)c2ccc(N)c(Cl)c2)C1. The third-order valence-corrected chi connectivity index (χ3v) is 5.85. The van der Waals surface area contributed by atoms with Crippen molar-refractivity contribution in [1.29, 1.82) is 0 Å². The Bertz CT molecular complexity index is 933. The second-order valence-corrected chi connectivity index (χ2v) is 8.78. The standard InChI is InChI=1S/C23H27ClF3N3O/c1-15(2)11-22(31)29-10-9-18(14-29)30(17-7-8-21(28)20(24)12-17)13-16-5-3-4-6-19(16)23(25,26)27/h3-8,12,15,18H,9-11,13-14,28H2,1-2H3/t18-/m0/s1. The molecule has 3 rings (SSSR count). The number of anilines is 2. The number of nitrogens with zero attached hydrogens (tertiary/aromatic N) is 2. The molecule has 31 heavy (non-hydrogen) atoms. The summed E-state index contributed by atoms with van der Waals surface area (Å²) in [6.07, 6.45) is -3.33. The molecule has 8 heteroatoms. The minimum Gasteiger partial charge on any atom is -0.398 e. The smallest absolute Gasteiger partial charge is 0.398 e. The van der Waals surface area contributed by atoms with E-state index in [1.807, 2.05) is 18.7 Å². The van der Waals surface area contributed by atoms with Gasteiger partial charge in [0.15, 0.2) is 0 Å². The molecule has 1 fully saturated rings. The van der Waals surface area contributed by atoms with E-state index in [1.165, 1.54) is 12.1 Å². The second-order valence-electron chi connectivity index (χ2n) is 8.37. The van der Waals surface area contributed by atoms with E-state index in [0.717, 1.165) is 6.07 Å². The third-order valence-electron chi connectivity index (χ3n) is 5.52. The summed E-state index contributed by atoms with van der Waals surface area (Å²) >= 11 is 6.21. The van der Waals surface area contributed by atoms with E-state index in [-0.39, 0.29) is 30.0 Å². The van der Waals surface area contributed by atoms with Gasteiger partial charge in [-0.2, -0.15) is 13.2 Å². The molecule has 1 saturated heterocycles. The number of hydrogen-bond acceptors (Lipinski definition) is 3. The van der Waals surface area contributed by atoms with Gasteiger partial charge < -0.3 is 15.5 Å². The molecular weight excluding hydrogens is 427 g/mol. The number of nitrogen functional groups attached to an aromatic ring is 1. The number of hydrogen-bond donors (Lipinski definition) is 1. The zero-order valence-electron chi connectivity index (χ0n) is 17.6. The van der Waals surface area contributed by atoms with Crippen LogP contribution in [0.15, 0.2) is 42.5 Å². The van der Waals surface area contributed by atoms with Crippen LogP contribution in [0.25, 0.3) is 0 Å². The van der Waals surface area contributed by atoms with Crippen LogP contribution >= 0.6 is 11.6 Å². The maximum atomic E-state index is 13.6. The molecule has 0 unspecified atom stereocenters. The number of alkyl halides is 3. The summed E-state index contributed by atoms with van der Waals surface area (Å²) in [5, 5.41) is 0.345. The number of rotatable bonds is 6. The second kappa shape index (κ2) is 9.39. The van der Waals surface area contributed by atoms with Crippen molar-refractivity contribution in [2.24, 2.45) is 5.92 Å². The number of carbonyl (C=O) groups excluding carboxylic acids is 1. The van der Waals surface area contributed by atoms with Gasteiger partial charge in [0, 0.05) is 37.8 Å². The van der Waals surface area contributed by atoms with Gasteiger partial charge in [-0.3, -0.25) is 4.79 Å². The molecule has 0 aromatic heterocycles. The summed E-state index contributed by atoms with van der Waals surface area (Å²) in [6.45, 7) is 5.06. The van der Waals surface area contributed by atoms with Crippen molar-refractivity contribution >= 4 is 28.9 Å². The zero-order chi connectivity index (χ0) is 22.8. The fourth-order valence-corrected chi connectivity index (χ4v) is 4.12. The summed E-state index contributed by atoms with van der Waals surface area (Å²) in [6, 6.07) is 10.5. The molecule has 1 aliphatic rings. The Hall–Kier alpha value is -2.41. The van der Waals surface area contributed by atoms with Crippen molar-refractivity contribution < 1.29 is 18.0 Å². The quantitative estimate of drug-likeness (QED) is 0.579. The van der Waals surface area contributed by atoms with Crippen LogP contribution in [0, 0.1) is 5.92 Å². The fraction of sp³-hybridized carbons (Fsp3) is 0.435. The molecule has 1 heterocycles. The molecule has 0 bridgehead atoms. The number of likely N-dealkylation sites (tertiary alicyclic amines) is 1. The summed E-state index contributed by atoms with van der Waals surface area (Å²) < 4.78 is 40.7. The van der Waals surface area contributed by atoms with Gasteiger partial charge in [0.05, 0.1) is 16.3 Å². The number of halogens is 4. The van der Waals surface area contributed by atoms with E-state index < -0.39 is 11.7 Å². The molecule has 168 valence electrons. The van der Waals surface area contributed by atoms with Crippen LogP contribution in [0.5, 0.6) is 0 Å². The lowest BCUT2D eigenvalue weighted by Crippen LogP contribution is -2.39. The normalized spacial score (nSPS) is 16.7. The largest absolute Gasteiger partial charge is 0.416 e. The van der Waals surface area contributed by atoms with Crippen LogP contribution in [0.3, 0.4) is 0 Å². The molecule has 2 aromatic rings. The molecule has 0 saturated carbocycles. The summed E-state index contributed by atoms with van der Waals surface area (Å²) in [7, 11) is 0. The topological polar surface area (TPSA) is 49.6 Å². The van der Waals surface area contributed by atoms with E-state index in [9.17, 15) is 18.0 Å². The lowest BCUT2D eigenvalue weighted by Gasteiger charge is -2.32. The first-order valence-corrected chi connectivity index (χ1v) is 10.7. The molecule has 1 aliphatic heterocycles. The average Bonchev–Trinajstić information content (AvgIpc) is 3.17. The first-order valence-electron chi connectivity index (χ1n) is 10.3. The minimum atomic E-state index is -4.45. The molecule has 0 spiro atoms. The Morgan fingerprint density at radius 2 is 1.97 bits per heavy atom. The number of nitrogens with two attached hydrogens (primary N) is 1. The molecule has 0 aliphatic carbocycles. The molecule has 4 nitrogen and oxygen atoms in total. The minimum absolute atomic E-state index is 0.0484. The molecule has 1 amide bonds. The van der Waals surface area contributed by atoms with E-state index in [0.29, 0.717) is 42.3 Å². The lowest BCUT2D eigenvalue weighted by molar-refractivity contribution is -0.138. The van der Waals surface area contributed by atoms with E-state index >= 15 is 0 Å². The highest BCUT2D eigenvalue weighted by molar-refractivity contribution is 6.33. The zero-order valence-corrected chi connectivity index (χ0v) is 18.4. The molecule has 0 radical (unpaired) electrons. The Labute approximate surface area is 185 Å². The van der Waals surface area contributed by atoms with Crippen molar-refractivity contribution in [2.45, 2.75) is 45.5 Å². The Kier molecular flexibility index (Phi) is 7.04. The summed E-state index contributed by atoms with van der Waals surface area (Å²) in [4.78, 5) is 16.2. The van der Waals surface area contributed by atoms with Crippen LogP contribution < -0.4 is 10.6 Å². The van der Waals surface area contributed by atoms with Gasteiger partial charge in [-0.25, -0.2) is 0 Å². The first-order chi connectivity index (χ1) is 14.6. The number of carbonyl (C=O) groups is 1. The molecular formula is C23H27ClF3N3O. The average molecular weight is 454 g/mol. The molecule has 1 atom stereocenters. The highest BCUT2D eigenvalue weighted by Crippen LogP contribution is 2.35. The van der Waals surface area contributed by atoms with Gasteiger partial charge in [-0.05, 0) is 42.2 Å². The Morgan fingerprint density at radius 1 is 1.26 bits per heavy atom. The monoisotopic (exact) mass is 453 g/mol. The van der Waals surface area contributed by atoms with Crippen LogP contribution in [0.1, 0.15) is 37.8 Å². The predicted molar refractivity (Wildman–Crippen MR) is 118 cm³/mol. The van der Waals surface area contributed by atoms with Gasteiger partial charge in [0.1, 0.15) is 0 Å².